The predicted molar refractivity (Wildman–Crippen MR) is 60.8 cm³/mol. The van der Waals surface area contributed by atoms with E-state index in [4.69, 9.17) is 4.74 Å². The second-order valence-electron chi connectivity index (χ2n) is 4.43. The van der Waals surface area contributed by atoms with E-state index in [0.29, 0.717) is 13.2 Å². The summed E-state index contributed by atoms with van der Waals surface area (Å²) in [5.41, 5.74) is 2.97. The number of carbonyl (C=O) groups is 1. The van der Waals surface area contributed by atoms with Crippen LogP contribution in [0.4, 0.5) is 0 Å². The van der Waals surface area contributed by atoms with Crippen molar-refractivity contribution in [2.45, 2.75) is 31.7 Å². The van der Waals surface area contributed by atoms with Crippen molar-refractivity contribution in [2.24, 2.45) is 0 Å². The Morgan fingerprint density at radius 3 is 2.88 bits per heavy atom. The van der Waals surface area contributed by atoms with Crippen molar-refractivity contribution >= 4 is 5.91 Å². The van der Waals surface area contributed by atoms with Crippen LogP contribution < -0.4 is 10.7 Å². The number of morpholine rings is 1. The third-order valence-corrected chi connectivity index (χ3v) is 3.16. The van der Waals surface area contributed by atoms with Gasteiger partial charge in [0.05, 0.1) is 19.3 Å². The molecule has 0 spiro atoms. The molecule has 2 aliphatic heterocycles. The zero-order valence-corrected chi connectivity index (χ0v) is 9.71. The van der Waals surface area contributed by atoms with Crippen molar-refractivity contribution in [1.82, 2.24) is 15.8 Å². The van der Waals surface area contributed by atoms with Gasteiger partial charge in [0.2, 0.25) is 0 Å². The number of amides is 1. The highest BCUT2D eigenvalue weighted by Crippen LogP contribution is 2.08. The standard InChI is InChI=1S/C11H21N3O2/c15-11(10-4-2-1-3-5-12-10)13-14-6-8-16-9-7-14/h10,12H,1-9H2,(H,13,15). The summed E-state index contributed by atoms with van der Waals surface area (Å²) in [7, 11) is 0. The maximum atomic E-state index is 12.0. The number of rotatable bonds is 2. The Morgan fingerprint density at radius 2 is 2.06 bits per heavy atom. The van der Waals surface area contributed by atoms with Crippen molar-refractivity contribution in [1.29, 1.82) is 0 Å². The number of hydrogen-bond donors (Lipinski definition) is 2. The molecule has 5 heteroatoms. The quantitative estimate of drug-likeness (QED) is 0.691. The summed E-state index contributed by atoms with van der Waals surface area (Å²) in [5.74, 6) is 0.115. The van der Waals surface area contributed by atoms with E-state index in [2.05, 4.69) is 10.7 Å². The fraction of sp³-hybridized carbons (Fsp3) is 0.909. The van der Waals surface area contributed by atoms with Gasteiger partial charge in [0.25, 0.3) is 5.91 Å². The van der Waals surface area contributed by atoms with Crippen LogP contribution in [-0.2, 0) is 9.53 Å². The second-order valence-corrected chi connectivity index (χ2v) is 4.43. The topological polar surface area (TPSA) is 53.6 Å². The molecule has 2 saturated heterocycles. The van der Waals surface area contributed by atoms with Gasteiger partial charge in [-0.1, -0.05) is 12.8 Å². The van der Waals surface area contributed by atoms with E-state index in [9.17, 15) is 4.79 Å². The molecule has 0 aromatic heterocycles. The zero-order valence-electron chi connectivity index (χ0n) is 9.71. The third-order valence-electron chi connectivity index (χ3n) is 3.16. The number of hydrazine groups is 1. The van der Waals surface area contributed by atoms with Crippen molar-refractivity contribution < 1.29 is 9.53 Å². The normalized spacial score (nSPS) is 28.4. The summed E-state index contributed by atoms with van der Waals surface area (Å²) < 4.78 is 5.24. The summed E-state index contributed by atoms with van der Waals surface area (Å²) in [5, 5.41) is 5.26. The highest BCUT2D eigenvalue weighted by Gasteiger charge is 2.21. The van der Waals surface area contributed by atoms with E-state index < -0.39 is 0 Å². The smallest absolute Gasteiger partial charge is 0.251 e. The number of ether oxygens (including phenoxy) is 1. The molecule has 1 amide bonds. The van der Waals surface area contributed by atoms with Gasteiger partial charge in [-0.05, 0) is 19.4 Å². The van der Waals surface area contributed by atoms with Gasteiger partial charge in [-0.3, -0.25) is 10.2 Å². The first-order valence-corrected chi connectivity index (χ1v) is 6.23. The number of nitrogens with zero attached hydrogens (tertiary/aromatic N) is 1. The van der Waals surface area contributed by atoms with E-state index in [-0.39, 0.29) is 11.9 Å². The highest BCUT2D eigenvalue weighted by atomic mass is 16.5. The van der Waals surface area contributed by atoms with Gasteiger partial charge in [0.1, 0.15) is 0 Å². The molecule has 1 unspecified atom stereocenters. The molecule has 2 rings (SSSR count). The molecule has 16 heavy (non-hydrogen) atoms. The van der Waals surface area contributed by atoms with Gasteiger partial charge in [-0.15, -0.1) is 0 Å². The summed E-state index contributed by atoms with van der Waals surface area (Å²) >= 11 is 0. The van der Waals surface area contributed by atoms with Crippen molar-refractivity contribution in [3.63, 3.8) is 0 Å². The molecule has 0 radical (unpaired) electrons. The molecule has 0 saturated carbocycles. The van der Waals surface area contributed by atoms with Crippen LogP contribution >= 0.6 is 0 Å². The van der Waals surface area contributed by atoms with Crippen LogP contribution in [0.15, 0.2) is 0 Å². The van der Waals surface area contributed by atoms with Crippen molar-refractivity contribution in [3.8, 4) is 0 Å². The number of nitrogens with one attached hydrogen (secondary N) is 2. The molecule has 0 aliphatic carbocycles. The predicted octanol–water partition coefficient (Wildman–Crippen LogP) is -0.118. The minimum atomic E-state index is -0.00894. The summed E-state index contributed by atoms with van der Waals surface area (Å²) in [6, 6.07) is -0.00894. The molecule has 92 valence electrons. The Labute approximate surface area is 96.5 Å². The summed E-state index contributed by atoms with van der Waals surface area (Å²) in [6.07, 6.45) is 4.51. The first kappa shape index (κ1) is 11.8. The molecule has 2 fully saturated rings. The van der Waals surface area contributed by atoms with Crippen LogP contribution in [0.5, 0.6) is 0 Å². The molecule has 5 nitrogen and oxygen atoms in total. The molecule has 0 bridgehead atoms. The molecular weight excluding hydrogens is 206 g/mol. The van der Waals surface area contributed by atoms with Crippen molar-refractivity contribution in [3.05, 3.63) is 0 Å². The lowest BCUT2D eigenvalue weighted by molar-refractivity contribution is -0.130. The van der Waals surface area contributed by atoms with E-state index in [1.54, 1.807) is 0 Å². The lowest BCUT2D eigenvalue weighted by atomic mass is 10.1. The minimum absolute atomic E-state index is 0.00894. The lowest BCUT2D eigenvalue weighted by Crippen LogP contribution is -2.54. The van der Waals surface area contributed by atoms with Crippen LogP contribution in [0, 0.1) is 0 Å². The van der Waals surface area contributed by atoms with Gasteiger partial charge in [0, 0.05) is 13.1 Å². The largest absolute Gasteiger partial charge is 0.379 e. The second kappa shape index (κ2) is 6.18. The lowest BCUT2D eigenvalue weighted by Gasteiger charge is -2.28. The molecule has 0 aromatic rings. The fourth-order valence-corrected chi connectivity index (χ4v) is 2.16. The SMILES string of the molecule is O=C(NN1CCOCC1)C1CCCCCN1. The van der Waals surface area contributed by atoms with Gasteiger partial charge < -0.3 is 10.1 Å². The van der Waals surface area contributed by atoms with E-state index in [1.807, 2.05) is 5.01 Å². The molecule has 2 heterocycles. The van der Waals surface area contributed by atoms with Gasteiger partial charge in [-0.25, -0.2) is 5.01 Å². The van der Waals surface area contributed by atoms with Crippen LogP contribution in [0.25, 0.3) is 0 Å². The van der Waals surface area contributed by atoms with Gasteiger partial charge in [-0.2, -0.15) is 0 Å². The van der Waals surface area contributed by atoms with E-state index >= 15 is 0 Å². The van der Waals surface area contributed by atoms with Crippen LogP contribution in [0.2, 0.25) is 0 Å². The Hall–Kier alpha value is -0.650. The Balaban J connectivity index is 1.76. The average molecular weight is 227 g/mol. The molecule has 1 atom stereocenters. The first-order chi connectivity index (χ1) is 7.86. The summed E-state index contributed by atoms with van der Waals surface area (Å²) in [4.78, 5) is 12.0. The Morgan fingerprint density at radius 1 is 1.25 bits per heavy atom. The monoisotopic (exact) mass is 227 g/mol. The molecule has 2 N–H and O–H groups in total. The highest BCUT2D eigenvalue weighted by molar-refractivity contribution is 5.81. The van der Waals surface area contributed by atoms with Gasteiger partial charge >= 0.3 is 0 Å². The zero-order chi connectivity index (χ0) is 11.2. The molecular formula is C11H21N3O2. The third kappa shape index (κ3) is 3.43. The van der Waals surface area contributed by atoms with E-state index in [0.717, 1.165) is 32.5 Å². The fourth-order valence-electron chi connectivity index (χ4n) is 2.16. The van der Waals surface area contributed by atoms with E-state index in [1.165, 1.54) is 12.8 Å². The number of carbonyl (C=O) groups excluding carboxylic acids is 1. The molecule has 2 aliphatic rings. The van der Waals surface area contributed by atoms with Crippen LogP contribution in [0.3, 0.4) is 0 Å². The van der Waals surface area contributed by atoms with Crippen LogP contribution in [0.1, 0.15) is 25.7 Å². The maximum Gasteiger partial charge on any atom is 0.251 e. The van der Waals surface area contributed by atoms with Crippen molar-refractivity contribution in [2.75, 3.05) is 32.8 Å². The summed E-state index contributed by atoms with van der Waals surface area (Å²) in [6.45, 7) is 3.95. The number of hydrogen-bond acceptors (Lipinski definition) is 4. The minimum Gasteiger partial charge on any atom is -0.379 e. The first-order valence-electron chi connectivity index (χ1n) is 6.23. The maximum absolute atomic E-state index is 12.0. The Bertz CT molecular complexity index is 221. The van der Waals surface area contributed by atoms with Gasteiger partial charge in [0.15, 0.2) is 0 Å². The molecule has 0 aromatic carbocycles. The Kier molecular flexibility index (Phi) is 4.56. The average Bonchev–Trinajstić information content (AvgIpc) is 2.59. The van der Waals surface area contributed by atoms with Crippen LogP contribution in [-0.4, -0.2) is 49.8 Å².